The summed E-state index contributed by atoms with van der Waals surface area (Å²) in [6.07, 6.45) is 5.88. The highest BCUT2D eigenvalue weighted by molar-refractivity contribution is 5.92. The second-order valence-corrected chi connectivity index (χ2v) is 7.63. The van der Waals surface area contributed by atoms with Crippen molar-refractivity contribution in [1.29, 1.82) is 0 Å². The molecule has 0 atom stereocenters. The van der Waals surface area contributed by atoms with Gasteiger partial charge in [0.1, 0.15) is 6.54 Å². The van der Waals surface area contributed by atoms with Crippen molar-refractivity contribution < 1.29 is 9.59 Å². The average Bonchev–Trinajstić information content (AvgIpc) is 3.22. The number of nitrogens with zero attached hydrogens (tertiary/aromatic N) is 5. The van der Waals surface area contributed by atoms with Crippen molar-refractivity contribution in [2.45, 2.75) is 46.1 Å². The number of likely N-dealkylation sites (N-methyl/N-ethyl adjacent to an activating group) is 1. The second-order valence-electron chi connectivity index (χ2n) is 7.63. The van der Waals surface area contributed by atoms with Crippen molar-refractivity contribution in [3.63, 3.8) is 0 Å². The zero-order valence-electron chi connectivity index (χ0n) is 17.5. The molecule has 1 aliphatic heterocycles. The number of carbonyl (C=O) groups is 2. The van der Waals surface area contributed by atoms with Gasteiger partial charge in [0.2, 0.25) is 5.91 Å². The molecule has 0 N–H and O–H groups in total. The lowest BCUT2D eigenvalue weighted by molar-refractivity contribution is -0.131. The highest BCUT2D eigenvalue weighted by atomic mass is 16.2. The molecule has 3 rings (SSSR count). The van der Waals surface area contributed by atoms with Crippen molar-refractivity contribution >= 4 is 11.8 Å². The van der Waals surface area contributed by atoms with Gasteiger partial charge in [-0.2, -0.15) is 0 Å². The summed E-state index contributed by atoms with van der Waals surface area (Å²) in [5, 5.41) is 7.97. The minimum Gasteiger partial charge on any atom is -0.342 e. The summed E-state index contributed by atoms with van der Waals surface area (Å²) in [4.78, 5) is 28.5. The van der Waals surface area contributed by atoms with Gasteiger partial charge >= 0.3 is 0 Å². The van der Waals surface area contributed by atoms with Gasteiger partial charge in [0.25, 0.3) is 5.91 Å². The fourth-order valence-corrected chi connectivity index (χ4v) is 3.89. The third kappa shape index (κ3) is 5.65. The van der Waals surface area contributed by atoms with Crippen LogP contribution in [-0.2, 0) is 17.8 Å². The molecule has 2 amide bonds. The van der Waals surface area contributed by atoms with E-state index in [0.717, 1.165) is 38.8 Å². The Balaban J connectivity index is 1.47. The van der Waals surface area contributed by atoms with Gasteiger partial charge in [-0.3, -0.25) is 9.59 Å². The number of piperidine rings is 1. The molecular weight excluding hydrogens is 366 g/mol. The van der Waals surface area contributed by atoms with Gasteiger partial charge < -0.3 is 9.80 Å². The van der Waals surface area contributed by atoms with Crippen molar-refractivity contribution in [1.82, 2.24) is 24.8 Å². The molecule has 0 aliphatic carbocycles. The van der Waals surface area contributed by atoms with E-state index in [1.165, 1.54) is 10.2 Å². The van der Waals surface area contributed by atoms with Gasteiger partial charge in [-0.15, -0.1) is 5.10 Å². The number of rotatable bonds is 8. The van der Waals surface area contributed by atoms with E-state index in [4.69, 9.17) is 0 Å². The fourth-order valence-electron chi connectivity index (χ4n) is 3.89. The molecule has 1 fully saturated rings. The van der Waals surface area contributed by atoms with Gasteiger partial charge in [0, 0.05) is 26.2 Å². The first-order valence-corrected chi connectivity index (χ1v) is 10.6. The van der Waals surface area contributed by atoms with Gasteiger partial charge in [0.05, 0.1) is 6.20 Å². The molecule has 2 aromatic rings. The van der Waals surface area contributed by atoms with Crippen LogP contribution in [0.15, 0.2) is 36.5 Å². The van der Waals surface area contributed by atoms with E-state index in [1.54, 1.807) is 11.1 Å². The van der Waals surface area contributed by atoms with E-state index < -0.39 is 0 Å². The van der Waals surface area contributed by atoms with Crippen LogP contribution in [0.25, 0.3) is 0 Å². The first-order chi connectivity index (χ1) is 14.1. The van der Waals surface area contributed by atoms with Crippen LogP contribution in [0.2, 0.25) is 0 Å². The molecule has 1 aromatic heterocycles. The van der Waals surface area contributed by atoms with Crippen LogP contribution in [-0.4, -0.2) is 62.8 Å². The van der Waals surface area contributed by atoms with E-state index >= 15 is 0 Å². The predicted octanol–water partition coefficient (Wildman–Crippen LogP) is 2.63. The Morgan fingerprint density at radius 1 is 1.10 bits per heavy atom. The Labute approximate surface area is 172 Å². The molecule has 0 bridgehead atoms. The smallest absolute Gasteiger partial charge is 0.276 e. The highest BCUT2D eigenvalue weighted by Crippen LogP contribution is 2.23. The largest absolute Gasteiger partial charge is 0.342 e. The summed E-state index contributed by atoms with van der Waals surface area (Å²) in [5.74, 6) is 0.549. The molecule has 1 aliphatic rings. The van der Waals surface area contributed by atoms with E-state index in [-0.39, 0.29) is 18.4 Å². The maximum Gasteiger partial charge on any atom is 0.276 e. The number of amides is 2. The number of carbonyl (C=O) groups excluding carboxylic acids is 2. The fraction of sp³-hybridized carbons (Fsp3) is 0.545. The molecule has 1 aromatic carbocycles. The molecule has 156 valence electrons. The van der Waals surface area contributed by atoms with Crippen molar-refractivity contribution in [3.8, 4) is 0 Å². The van der Waals surface area contributed by atoms with Crippen LogP contribution in [0.3, 0.4) is 0 Å². The maximum absolute atomic E-state index is 12.7. The second kappa shape index (κ2) is 10.2. The standard InChI is InChI=1S/C22H31N5O2/c1-3-25(4-2)21(28)17-27-16-20(23-24-27)22(29)26-14-12-19(13-15-26)11-10-18-8-6-5-7-9-18/h5-9,16,19H,3-4,10-15,17H2,1-2H3. The summed E-state index contributed by atoms with van der Waals surface area (Å²) in [6.45, 7) is 6.84. The minimum atomic E-state index is -0.0898. The monoisotopic (exact) mass is 397 g/mol. The predicted molar refractivity (Wildman–Crippen MR) is 111 cm³/mol. The number of aryl methyl sites for hydroxylation is 1. The van der Waals surface area contributed by atoms with Crippen molar-refractivity contribution in [3.05, 3.63) is 47.8 Å². The molecule has 0 saturated carbocycles. The summed E-state index contributed by atoms with van der Waals surface area (Å²) in [6, 6.07) is 10.6. The van der Waals surface area contributed by atoms with Gasteiger partial charge in [-0.05, 0) is 51.0 Å². The van der Waals surface area contributed by atoms with Crippen LogP contribution in [0.5, 0.6) is 0 Å². The normalized spacial score (nSPS) is 14.8. The third-order valence-corrected chi connectivity index (χ3v) is 5.76. The highest BCUT2D eigenvalue weighted by Gasteiger charge is 2.25. The number of aromatic nitrogens is 3. The van der Waals surface area contributed by atoms with E-state index in [9.17, 15) is 9.59 Å². The van der Waals surface area contributed by atoms with Crippen LogP contribution in [0.4, 0.5) is 0 Å². The Kier molecular flexibility index (Phi) is 7.38. The van der Waals surface area contributed by atoms with Crippen LogP contribution in [0, 0.1) is 5.92 Å². The minimum absolute atomic E-state index is 0.0156. The first kappa shape index (κ1) is 21.0. The lowest BCUT2D eigenvalue weighted by atomic mass is 9.90. The van der Waals surface area contributed by atoms with Crippen LogP contribution in [0.1, 0.15) is 49.2 Å². The molecule has 0 unspecified atom stereocenters. The topological polar surface area (TPSA) is 71.3 Å². The van der Waals surface area contributed by atoms with Gasteiger partial charge in [-0.1, -0.05) is 35.5 Å². The van der Waals surface area contributed by atoms with Crippen LogP contribution < -0.4 is 0 Å². The van der Waals surface area contributed by atoms with E-state index in [2.05, 4.69) is 34.6 Å². The lowest BCUT2D eigenvalue weighted by Crippen LogP contribution is -2.38. The number of hydrogen-bond acceptors (Lipinski definition) is 4. The average molecular weight is 398 g/mol. The maximum atomic E-state index is 12.7. The molecule has 1 saturated heterocycles. The summed E-state index contributed by atoms with van der Waals surface area (Å²) in [5.41, 5.74) is 1.70. The number of likely N-dealkylation sites (tertiary alicyclic amines) is 1. The zero-order valence-corrected chi connectivity index (χ0v) is 17.5. The molecule has 0 radical (unpaired) electrons. The summed E-state index contributed by atoms with van der Waals surface area (Å²) in [7, 11) is 0. The lowest BCUT2D eigenvalue weighted by Gasteiger charge is -2.31. The molecule has 2 heterocycles. The van der Waals surface area contributed by atoms with Crippen molar-refractivity contribution in [2.75, 3.05) is 26.2 Å². The number of hydrogen-bond donors (Lipinski definition) is 0. The van der Waals surface area contributed by atoms with Gasteiger partial charge in [-0.25, -0.2) is 4.68 Å². The molecule has 7 heteroatoms. The Morgan fingerprint density at radius 2 is 1.79 bits per heavy atom. The molecule has 7 nitrogen and oxygen atoms in total. The molecular formula is C22H31N5O2. The summed E-state index contributed by atoms with van der Waals surface area (Å²) >= 11 is 0. The Bertz CT molecular complexity index is 793. The zero-order chi connectivity index (χ0) is 20.6. The van der Waals surface area contributed by atoms with E-state index in [0.29, 0.717) is 24.7 Å². The molecule has 29 heavy (non-hydrogen) atoms. The third-order valence-electron chi connectivity index (χ3n) is 5.76. The van der Waals surface area contributed by atoms with E-state index in [1.807, 2.05) is 24.8 Å². The van der Waals surface area contributed by atoms with Gasteiger partial charge in [0.15, 0.2) is 5.69 Å². The van der Waals surface area contributed by atoms with Crippen LogP contribution >= 0.6 is 0 Å². The SMILES string of the molecule is CCN(CC)C(=O)Cn1cc(C(=O)N2CCC(CCc3ccccc3)CC2)nn1. The quantitative estimate of drug-likeness (QED) is 0.687. The summed E-state index contributed by atoms with van der Waals surface area (Å²) < 4.78 is 1.46. The number of benzene rings is 1. The first-order valence-electron chi connectivity index (χ1n) is 10.6. The Hall–Kier alpha value is -2.70. The molecule has 0 spiro atoms. The Morgan fingerprint density at radius 3 is 2.45 bits per heavy atom. The van der Waals surface area contributed by atoms with Crippen molar-refractivity contribution in [2.24, 2.45) is 5.92 Å².